The molecule has 1 aliphatic rings. The number of nitrogens with one attached hydrogen (secondary N) is 1. The van der Waals surface area contributed by atoms with E-state index >= 15 is 0 Å². The maximum Gasteiger partial charge on any atom is 0.308 e. The van der Waals surface area contributed by atoms with E-state index in [0.29, 0.717) is 25.8 Å². The zero-order valence-electron chi connectivity index (χ0n) is 21.7. The Balaban J connectivity index is 1.93. The van der Waals surface area contributed by atoms with Crippen molar-refractivity contribution in [2.24, 2.45) is 0 Å². The standard InChI is InChI=1S/C27H54N2O3/c1-4-6-7-8-9-10-11-12-13-14-15-16-17-18-19-20-26-28-22-23-29(26)25(3)32-24-21-27(30)31-5-2/h25-26,28H,4-24H2,1-3H3. The average Bonchev–Trinajstić information content (AvgIpc) is 3.25. The van der Waals surface area contributed by atoms with Crippen LogP contribution in [0.4, 0.5) is 0 Å². The lowest BCUT2D eigenvalue weighted by molar-refractivity contribution is -0.146. The highest BCUT2D eigenvalue weighted by atomic mass is 16.5. The van der Waals surface area contributed by atoms with Gasteiger partial charge in [-0.3, -0.25) is 9.69 Å². The molecular weight excluding hydrogens is 400 g/mol. The molecule has 0 spiro atoms. The highest BCUT2D eigenvalue weighted by Crippen LogP contribution is 2.18. The lowest BCUT2D eigenvalue weighted by atomic mass is 10.0. The van der Waals surface area contributed by atoms with Crippen LogP contribution in [-0.4, -0.2) is 49.6 Å². The van der Waals surface area contributed by atoms with Crippen LogP contribution in [0.25, 0.3) is 0 Å². The largest absolute Gasteiger partial charge is 0.466 e. The summed E-state index contributed by atoms with van der Waals surface area (Å²) in [6, 6.07) is 0. The van der Waals surface area contributed by atoms with Gasteiger partial charge in [0.05, 0.1) is 25.8 Å². The van der Waals surface area contributed by atoms with Gasteiger partial charge < -0.3 is 14.8 Å². The Morgan fingerprint density at radius 3 is 1.94 bits per heavy atom. The van der Waals surface area contributed by atoms with Gasteiger partial charge in [-0.15, -0.1) is 0 Å². The SMILES string of the molecule is CCCCCCCCCCCCCCCCCC1NCCN1C(C)OCCC(=O)OCC. The molecule has 5 heteroatoms. The molecular formula is C27H54N2O3. The second-order valence-corrected chi connectivity index (χ2v) is 9.47. The molecule has 2 unspecified atom stereocenters. The Hall–Kier alpha value is -0.650. The van der Waals surface area contributed by atoms with Gasteiger partial charge in [-0.1, -0.05) is 103 Å². The van der Waals surface area contributed by atoms with E-state index in [9.17, 15) is 4.79 Å². The first kappa shape index (κ1) is 29.4. The number of nitrogens with zero attached hydrogens (tertiary/aromatic N) is 1. The molecule has 0 aromatic carbocycles. The third-order valence-corrected chi connectivity index (χ3v) is 6.67. The Bertz CT molecular complexity index is 433. The Morgan fingerprint density at radius 2 is 1.41 bits per heavy atom. The number of carbonyl (C=O) groups excluding carboxylic acids is 1. The van der Waals surface area contributed by atoms with E-state index in [1.807, 2.05) is 6.92 Å². The molecule has 1 N–H and O–H groups in total. The first-order chi connectivity index (χ1) is 15.7. The third kappa shape index (κ3) is 15.2. The summed E-state index contributed by atoms with van der Waals surface area (Å²) < 4.78 is 10.8. The Labute approximate surface area is 199 Å². The Kier molecular flexibility index (Phi) is 19.2. The first-order valence-corrected chi connectivity index (χ1v) is 13.9. The van der Waals surface area contributed by atoms with Crippen LogP contribution in [0.1, 0.15) is 130 Å². The van der Waals surface area contributed by atoms with Crippen molar-refractivity contribution in [3.63, 3.8) is 0 Å². The lowest BCUT2D eigenvalue weighted by Crippen LogP contribution is -2.42. The van der Waals surface area contributed by atoms with Crippen LogP contribution in [0.3, 0.4) is 0 Å². The average molecular weight is 455 g/mol. The molecule has 0 amide bonds. The quantitative estimate of drug-likeness (QED) is 0.144. The zero-order valence-corrected chi connectivity index (χ0v) is 21.7. The smallest absolute Gasteiger partial charge is 0.308 e. The predicted molar refractivity (Wildman–Crippen MR) is 135 cm³/mol. The van der Waals surface area contributed by atoms with Crippen molar-refractivity contribution in [2.45, 2.75) is 142 Å². The van der Waals surface area contributed by atoms with Gasteiger partial charge >= 0.3 is 5.97 Å². The van der Waals surface area contributed by atoms with Crippen LogP contribution in [-0.2, 0) is 14.3 Å². The molecule has 0 saturated carbocycles. The van der Waals surface area contributed by atoms with Gasteiger partial charge in [0.25, 0.3) is 0 Å². The summed E-state index contributed by atoms with van der Waals surface area (Å²) in [5.74, 6) is -0.173. The van der Waals surface area contributed by atoms with Crippen molar-refractivity contribution in [1.82, 2.24) is 10.2 Å². The summed E-state index contributed by atoms with van der Waals surface area (Å²) in [6.45, 7) is 9.13. The van der Waals surface area contributed by atoms with Crippen LogP contribution in [0.5, 0.6) is 0 Å². The van der Waals surface area contributed by atoms with E-state index in [-0.39, 0.29) is 12.2 Å². The van der Waals surface area contributed by atoms with Gasteiger partial charge in [0.2, 0.25) is 0 Å². The van der Waals surface area contributed by atoms with E-state index in [4.69, 9.17) is 9.47 Å². The number of hydrogen-bond acceptors (Lipinski definition) is 5. The molecule has 0 aliphatic carbocycles. The third-order valence-electron chi connectivity index (χ3n) is 6.67. The summed E-state index contributed by atoms with van der Waals surface area (Å²) in [5, 5.41) is 3.61. The maximum absolute atomic E-state index is 11.5. The van der Waals surface area contributed by atoms with Gasteiger partial charge in [0.15, 0.2) is 0 Å². The predicted octanol–water partition coefficient (Wildman–Crippen LogP) is 6.80. The minimum atomic E-state index is -0.173. The molecule has 2 atom stereocenters. The number of hydrogen-bond donors (Lipinski definition) is 1. The van der Waals surface area contributed by atoms with Crippen LogP contribution < -0.4 is 5.32 Å². The summed E-state index contributed by atoms with van der Waals surface area (Å²) in [6.07, 6.45) is 23.1. The van der Waals surface area contributed by atoms with E-state index in [2.05, 4.69) is 24.1 Å². The van der Waals surface area contributed by atoms with Crippen molar-refractivity contribution in [3.8, 4) is 0 Å². The van der Waals surface area contributed by atoms with E-state index in [0.717, 1.165) is 13.1 Å². The molecule has 5 nitrogen and oxygen atoms in total. The minimum Gasteiger partial charge on any atom is -0.466 e. The molecule has 0 radical (unpaired) electrons. The second-order valence-electron chi connectivity index (χ2n) is 9.47. The number of unbranched alkanes of at least 4 members (excludes halogenated alkanes) is 14. The van der Waals surface area contributed by atoms with Crippen molar-refractivity contribution in [1.29, 1.82) is 0 Å². The number of ether oxygens (including phenoxy) is 2. The fraction of sp³-hybridized carbons (Fsp3) is 0.963. The normalized spacial score (nSPS) is 17.7. The highest BCUT2D eigenvalue weighted by molar-refractivity contribution is 5.69. The summed E-state index contributed by atoms with van der Waals surface area (Å²) in [7, 11) is 0. The molecule has 1 aliphatic heterocycles. The monoisotopic (exact) mass is 454 g/mol. The topological polar surface area (TPSA) is 50.8 Å². The van der Waals surface area contributed by atoms with Crippen LogP contribution in [0.15, 0.2) is 0 Å². The zero-order chi connectivity index (χ0) is 23.3. The van der Waals surface area contributed by atoms with Crippen LogP contribution >= 0.6 is 0 Å². The fourth-order valence-corrected chi connectivity index (χ4v) is 4.69. The second kappa shape index (κ2) is 20.9. The molecule has 0 aromatic rings. The first-order valence-electron chi connectivity index (χ1n) is 13.9. The molecule has 1 heterocycles. The Morgan fingerprint density at radius 1 is 0.875 bits per heavy atom. The lowest BCUT2D eigenvalue weighted by Gasteiger charge is -2.30. The maximum atomic E-state index is 11.5. The van der Waals surface area contributed by atoms with Crippen molar-refractivity contribution < 1.29 is 14.3 Å². The molecule has 1 saturated heterocycles. The molecule has 1 rings (SSSR count). The van der Waals surface area contributed by atoms with Gasteiger partial charge in [-0.05, 0) is 20.3 Å². The van der Waals surface area contributed by atoms with E-state index in [1.165, 1.54) is 103 Å². The van der Waals surface area contributed by atoms with Gasteiger partial charge in [-0.25, -0.2) is 0 Å². The molecule has 0 bridgehead atoms. The van der Waals surface area contributed by atoms with Crippen molar-refractivity contribution in [2.75, 3.05) is 26.3 Å². The fourth-order valence-electron chi connectivity index (χ4n) is 4.69. The van der Waals surface area contributed by atoms with Gasteiger partial charge in [0, 0.05) is 13.1 Å². The van der Waals surface area contributed by atoms with Crippen LogP contribution in [0, 0.1) is 0 Å². The summed E-state index contributed by atoms with van der Waals surface area (Å²) in [5.41, 5.74) is 0. The van der Waals surface area contributed by atoms with Crippen molar-refractivity contribution in [3.05, 3.63) is 0 Å². The summed E-state index contributed by atoms with van der Waals surface area (Å²) in [4.78, 5) is 13.8. The van der Waals surface area contributed by atoms with Gasteiger partial charge in [-0.2, -0.15) is 0 Å². The number of esters is 1. The molecule has 0 aromatic heterocycles. The number of rotatable bonds is 22. The minimum absolute atomic E-state index is 0.0424. The summed E-state index contributed by atoms with van der Waals surface area (Å²) >= 11 is 0. The number of carbonyl (C=O) groups is 1. The molecule has 190 valence electrons. The van der Waals surface area contributed by atoms with Gasteiger partial charge in [0.1, 0.15) is 6.23 Å². The molecule has 1 fully saturated rings. The highest BCUT2D eigenvalue weighted by Gasteiger charge is 2.28. The van der Waals surface area contributed by atoms with E-state index in [1.54, 1.807) is 0 Å². The van der Waals surface area contributed by atoms with Crippen molar-refractivity contribution >= 4 is 5.97 Å². The van der Waals surface area contributed by atoms with Crippen LogP contribution in [0.2, 0.25) is 0 Å². The van der Waals surface area contributed by atoms with E-state index < -0.39 is 0 Å². The molecule has 32 heavy (non-hydrogen) atoms.